The standard InChI is InChI=1S/C15H30O2/c1-5-7-8-9-11-15(10-6-2)17-14(4)12-13(3)16/h6,13-16H,2,5,7-12H2,1,3-4H3/t13-,14+,15+/m1/s1. The molecular formula is C15H30O2. The summed E-state index contributed by atoms with van der Waals surface area (Å²) in [6.45, 7) is 9.85. The van der Waals surface area contributed by atoms with Crippen molar-refractivity contribution < 1.29 is 9.84 Å². The van der Waals surface area contributed by atoms with Gasteiger partial charge in [0.1, 0.15) is 0 Å². The molecule has 0 aliphatic rings. The van der Waals surface area contributed by atoms with Crippen molar-refractivity contribution in [2.75, 3.05) is 0 Å². The number of aliphatic hydroxyl groups is 1. The number of hydrogen-bond donors (Lipinski definition) is 1. The van der Waals surface area contributed by atoms with E-state index < -0.39 is 0 Å². The van der Waals surface area contributed by atoms with Crippen molar-refractivity contribution in [2.24, 2.45) is 0 Å². The number of ether oxygens (including phenoxy) is 1. The van der Waals surface area contributed by atoms with Gasteiger partial charge in [0.25, 0.3) is 0 Å². The van der Waals surface area contributed by atoms with Gasteiger partial charge in [-0.1, -0.05) is 38.7 Å². The van der Waals surface area contributed by atoms with E-state index in [0.717, 1.165) is 12.8 Å². The van der Waals surface area contributed by atoms with Crippen LogP contribution in [0.1, 0.15) is 65.7 Å². The maximum atomic E-state index is 9.31. The summed E-state index contributed by atoms with van der Waals surface area (Å²) in [5, 5.41) is 9.31. The zero-order valence-corrected chi connectivity index (χ0v) is 11.8. The highest BCUT2D eigenvalue weighted by Crippen LogP contribution is 2.15. The Hall–Kier alpha value is -0.340. The molecule has 0 aromatic carbocycles. The predicted molar refractivity (Wildman–Crippen MR) is 74.2 cm³/mol. The normalized spacial score (nSPS) is 16.5. The van der Waals surface area contributed by atoms with Crippen LogP contribution >= 0.6 is 0 Å². The van der Waals surface area contributed by atoms with E-state index in [9.17, 15) is 5.11 Å². The summed E-state index contributed by atoms with van der Waals surface area (Å²) in [4.78, 5) is 0. The van der Waals surface area contributed by atoms with Crippen molar-refractivity contribution in [1.82, 2.24) is 0 Å². The molecule has 0 rings (SSSR count). The maximum Gasteiger partial charge on any atom is 0.0613 e. The van der Waals surface area contributed by atoms with Crippen molar-refractivity contribution in [3.63, 3.8) is 0 Å². The first-order chi connectivity index (χ1) is 8.10. The average Bonchev–Trinajstić information content (AvgIpc) is 2.23. The molecule has 0 aromatic rings. The van der Waals surface area contributed by atoms with Gasteiger partial charge in [0.2, 0.25) is 0 Å². The molecule has 2 heteroatoms. The largest absolute Gasteiger partial charge is 0.393 e. The molecule has 0 unspecified atom stereocenters. The van der Waals surface area contributed by atoms with Crippen LogP contribution in [0.2, 0.25) is 0 Å². The van der Waals surface area contributed by atoms with E-state index in [0.29, 0.717) is 6.42 Å². The fourth-order valence-corrected chi connectivity index (χ4v) is 2.09. The molecule has 102 valence electrons. The van der Waals surface area contributed by atoms with Gasteiger partial charge in [-0.25, -0.2) is 0 Å². The number of hydrogen-bond acceptors (Lipinski definition) is 2. The molecule has 0 saturated heterocycles. The van der Waals surface area contributed by atoms with E-state index in [1.54, 1.807) is 0 Å². The fraction of sp³-hybridized carbons (Fsp3) is 0.867. The van der Waals surface area contributed by atoms with Gasteiger partial charge in [-0.15, -0.1) is 6.58 Å². The van der Waals surface area contributed by atoms with Crippen LogP contribution in [0.5, 0.6) is 0 Å². The molecule has 17 heavy (non-hydrogen) atoms. The van der Waals surface area contributed by atoms with Gasteiger partial charge < -0.3 is 9.84 Å². The lowest BCUT2D eigenvalue weighted by molar-refractivity contribution is -0.0267. The van der Waals surface area contributed by atoms with Crippen molar-refractivity contribution in [3.05, 3.63) is 12.7 Å². The highest BCUT2D eigenvalue weighted by Gasteiger charge is 2.13. The zero-order valence-electron chi connectivity index (χ0n) is 11.8. The lowest BCUT2D eigenvalue weighted by Gasteiger charge is -2.22. The molecular weight excluding hydrogens is 212 g/mol. The summed E-state index contributed by atoms with van der Waals surface area (Å²) in [7, 11) is 0. The molecule has 0 aliphatic heterocycles. The Morgan fingerprint density at radius 2 is 1.94 bits per heavy atom. The summed E-state index contributed by atoms with van der Waals surface area (Å²) in [5.41, 5.74) is 0. The van der Waals surface area contributed by atoms with Crippen LogP contribution in [-0.2, 0) is 4.74 Å². The topological polar surface area (TPSA) is 29.5 Å². The number of rotatable bonds is 11. The molecule has 0 aromatic heterocycles. The van der Waals surface area contributed by atoms with Crippen molar-refractivity contribution in [2.45, 2.75) is 84.0 Å². The van der Waals surface area contributed by atoms with Crippen LogP contribution in [0.4, 0.5) is 0 Å². The Balaban J connectivity index is 3.83. The zero-order chi connectivity index (χ0) is 13.1. The quantitative estimate of drug-likeness (QED) is 0.437. The summed E-state index contributed by atoms with van der Waals surface area (Å²) in [6.07, 6.45) is 9.88. The van der Waals surface area contributed by atoms with Gasteiger partial charge >= 0.3 is 0 Å². The smallest absolute Gasteiger partial charge is 0.0613 e. The minimum atomic E-state index is -0.283. The van der Waals surface area contributed by atoms with Gasteiger partial charge in [0.15, 0.2) is 0 Å². The average molecular weight is 242 g/mol. The Kier molecular flexibility index (Phi) is 10.6. The van der Waals surface area contributed by atoms with Crippen LogP contribution in [0.15, 0.2) is 12.7 Å². The predicted octanol–water partition coefficient (Wildman–Crippen LogP) is 4.08. The molecule has 0 saturated carbocycles. The van der Waals surface area contributed by atoms with Crippen LogP contribution in [0.3, 0.4) is 0 Å². The molecule has 3 atom stereocenters. The second-order valence-electron chi connectivity index (χ2n) is 5.03. The van der Waals surface area contributed by atoms with Gasteiger partial charge in [-0.2, -0.15) is 0 Å². The molecule has 0 radical (unpaired) electrons. The Labute approximate surface area is 107 Å². The van der Waals surface area contributed by atoms with E-state index in [2.05, 4.69) is 13.5 Å². The van der Waals surface area contributed by atoms with Crippen LogP contribution in [0.25, 0.3) is 0 Å². The van der Waals surface area contributed by atoms with Crippen LogP contribution in [0, 0.1) is 0 Å². The van der Waals surface area contributed by atoms with Gasteiger partial charge in [-0.3, -0.25) is 0 Å². The van der Waals surface area contributed by atoms with Crippen LogP contribution < -0.4 is 0 Å². The Morgan fingerprint density at radius 3 is 2.47 bits per heavy atom. The van der Waals surface area contributed by atoms with E-state index in [1.165, 1.54) is 25.7 Å². The van der Waals surface area contributed by atoms with Crippen molar-refractivity contribution >= 4 is 0 Å². The Morgan fingerprint density at radius 1 is 1.24 bits per heavy atom. The maximum absolute atomic E-state index is 9.31. The summed E-state index contributed by atoms with van der Waals surface area (Å²) < 4.78 is 5.95. The molecule has 0 fully saturated rings. The molecule has 0 amide bonds. The first-order valence-corrected chi connectivity index (χ1v) is 7.04. The summed E-state index contributed by atoms with van der Waals surface area (Å²) in [5.74, 6) is 0. The SMILES string of the molecule is C=CC[C@@H](CCCCCC)O[C@@H](C)C[C@@H](C)O. The number of aliphatic hydroxyl groups excluding tert-OH is 1. The Bertz CT molecular complexity index is 178. The van der Waals surface area contributed by atoms with Crippen molar-refractivity contribution in [1.29, 1.82) is 0 Å². The molecule has 0 spiro atoms. The first kappa shape index (κ1) is 16.7. The van der Waals surface area contributed by atoms with Gasteiger partial charge in [0, 0.05) is 0 Å². The second-order valence-corrected chi connectivity index (χ2v) is 5.03. The molecule has 0 bridgehead atoms. The highest BCUT2D eigenvalue weighted by molar-refractivity contribution is 4.74. The highest BCUT2D eigenvalue weighted by atomic mass is 16.5. The number of unbranched alkanes of at least 4 members (excludes halogenated alkanes) is 3. The summed E-state index contributed by atoms with van der Waals surface area (Å²) in [6, 6.07) is 0. The van der Waals surface area contributed by atoms with Gasteiger partial charge in [-0.05, 0) is 33.1 Å². The lowest BCUT2D eigenvalue weighted by atomic mass is 10.1. The third-order valence-electron chi connectivity index (χ3n) is 2.91. The lowest BCUT2D eigenvalue weighted by Crippen LogP contribution is -2.22. The van der Waals surface area contributed by atoms with E-state index >= 15 is 0 Å². The third kappa shape index (κ3) is 10.5. The molecule has 2 nitrogen and oxygen atoms in total. The monoisotopic (exact) mass is 242 g/mol. The van der Waals surface area contributed by atoms with Crippen LogP contribution in [-0.4, -0.2) is 23.4 Å². The van der Waals surface area contributed by atoms with E-state index in [4.69, 9.17) is 4.74 Å². The second kappa shape index (κ2) is 10.8. The third-order valence-corrected chi connectivity index (χ3v) is 2.91. The summed E-state index contributed by atoms with van der Waals surface area (Å²) >= 11 is 0. The van der Waals surface area contributed by atoms with E-state index in [-0.39, 0.29) is 18.3 Å². The van der Waals surface area contributed by atoms with E-state index in [1.807, 2.05) is 19.9 Å². The molecule has 0 heterocycles. The molecule has 1 N–H and O–H groups in total. The molecule has 0 aliphatic carbocycles. The van der Waals surface area contributed by atoms with Crippen molar-refractivity contribution in [3.8, 4) is 0 Å². The minimum Gasteiger partial charge on any atom is -0.393 e. The van der Waals surface area contributed by atoms with Gasteiger partial charge in [0.05, 0.1) is 18.3 Å². The minimum absolute atomic E-state index is 0.131. The fourth-order valence-electron chi connectivity index (χ4n) is 2.09. The first-order valence-electron chi connectivity index (χ1n) is 7.04.